The van der Waals surface area contributed by atoms with Crippen molar-refractivity contribution in [1.82, 2.24) is 14.8 Å². The Labute approximate surface area is 205 Å². The van der Waals surface area contributed by atoms with Gasteiger partial charge in [0, 0.05) is 60.6 Å². The summed E-state index contributed by atoms with van der Waals surface area (Å²) in [4.78, 5) is 23.3. The molecule has 0 saturated carbocycles. The van der Waals surface area contributed by atoms with E-state index in [4.69, 9.17) is 23.2 Å². The number of piperazine rings is 1. The van der Waals surface area contributed by atoms with Gasteiger partial charge in [-0.05, 0) is 57.5 Å². The van der Waals surface area contributed by atoms with Gasteiger partial charge in [-0.15, -0.1) is 0 Å². The second kappa shape index (κ2) is 10.7. The van der Waals surface area contributed by atoms with Crippen LogP contribution in [0, 0.1) is 5.82 Å². The van der Waals surface area contributed by atoms with Crippen LogP contribution in [0.3, 0.4) is 0 Å². The number of ketones is 1. The molecule has 1 aromatic heterocycles. The van der Waals surface area contributed by atoms with Crippen molar-refractivity contribution in [1.29, 1.82) is 0 Å². The van der Waals surface area contributed by atoms with E-state index in [-0.39, 0.29) is 11.6 Å². The lowest BCUT2D eigenvalue weighted by molar-refractivity contribution is 0.0607. The monoisotopic (exact) mass is 492 g/mol. The summed E-state index contributed by atoms with van der Waals surface area (Å²) in [5.74, 6) is 0.507. The van der Waals surface area contributed by atoms with Crippen molar-refractivity contribution in [2.24, 2.45) is 0 Å². The fraction of sp³-hybridized carbons (Fsp3) is 0.520. The van der Waals surface area contributed by atoms with Gasteiger partial charge in [0.05, 0.1) is 5.02 Å². The minimum atomic E-state index is -0.226. The number of hydrogen-bond donors (Lipinski definition) is 0. The lowest BCUT2D eigenvalue weighted by Crippen LogP contribution is -2.58. The minimum Gasteiger partial charge on any atom is -0.353 e. The third-order valence-corrected chi connectivity index (χ3v) is 7.48. The molecule has 8 heteroatoms. The van der Waals surface area contributed by atoms with Crippen LogP contribution in [0.1, 0.15) is 49.0 Å². The summed E-state index contributed by atoms with van der Waals surface area (Å²) < 4.78 is 14.2. The standard InChI is InChI=1S/C25H31Cl2FN4O/c1-3-21-16-31(25-23(27)12-19(14-29-25)17(2)33)10-11-32(21)22-6-8-30(9-7-22)15-18-4-5-20(26)13-24(18)28/h4-5,12-14,21-22H,3,6-11,15-16H2,1-2H3/t21-/m0/s1. The maximum absolute atomic E-state index is 14.2. The number of likely N-dealkylation sites (tertiary alicyclic amines) is 1. The van der Waals surface area contributed by atoms with E-state index in [9.17, 15) is 9.18 Å². The van der Waals surface area contributed by atoms with E-state index >= 15 is 0 Å². The third kappa shape index (κ3) is 5.68. The first kappa shape index (κ1) is 24.4. The number of aromatic nitrogens is 1. The van der Waals surface area contributed by atoms with E-state index in [0.29, 0.717) is 39.8 Å². The Morgan fingerprint density at radius 2 is 1.91 bits per heavy atom. The highest BCUT2D eigenvalue weighted by Crippen LogP contribution is 2.30. The predicted molar refractivity (Wildman–Crippen MR) is 132 cm³/mol. The highest BCUT2D eigenvalue weighted by Gasteiger charge is 2.34. The molecule has 1 atom stereocenters. The first-order valence-electron chi connectivity index (χ1n) is 11.7. The summed E-state index contributed by atoms with van der Waals surface area (Å²) in [5, 5.41) is 0.972. The molecule has 178 valence electrons. The SMILES string of the molecule is CC[C@H]1CN(c2ncc(C(C)=O)cc2Cl)CCN1C1CCN(Cc2ccc(Cl)cc2F)CC1. The van der Waals surface area contributed by atoms with Gasteiger partial charge >= 0.3 is 0 Å². The molecule has 5 nitrogen and oxygen atoms in total. The molecule has 2 saturated heterocycles. The lowest BCUT2D eigenvalue weighted by atomic mass is 9.97. The van der Waals surface area contributed by atoms with Crippen molar-refractivity contribution in [3.63, 3.8) is 0 Å². The molecule has 2 aromatic rings. The predicted octanol–water partition coefficient (Wildman–Crippen LogP) is 5.30. The average molecular weight is 493 g/mol. The molecule has 0 amide bonds. The fourth-order valence-electron chi connectivity index (χ4n) is 5.06. The summed E-state index contributed by atoms with van der Waals surface area (Å²) in [5.41, 5.74) is 1.25. The molecule has 0 unspecified atom stereocenters. The number of pyridine rings is 1. The minimum absolute atomic E-state index is 0.0302. The van der Waals surface area contributed by atoms with Crippen molar-refractivity contribution in [2.45, 2.75) is 51.7 Å². The van der Waals surface area contributed by atoms with E-state index in [1.807, 2.05) is 0 Å². The Bertz CT molecular complexity index is 996. The number of carbonyl (C=O) groups excluding carboxylic acids is 1. The molecule has 3 heterocycles. The van der Waals surface area contributed by atoms with Crippen LogP contribution >= 0.6 is 23.2 Å². The summed E-state index contributed by atoms with van der Waals surface area (Å²) in [6.45, 7) is 9.00. The molecule has 0 N–H and O–H groups in total. The number of halogens is 3. The zero-order chi connectivity index (χ0) is 23.5. The second-order valence-corrected chi connectivity index (χ2v) is 9.92. The van der Waals surface area contributed by atoms with Crippen LogP contribution in [0.4, 0.5) is 10.2 Å². The molecule has 2 fully saturated rings. The second-order valence-electron chi connectivity index (χ2n) is 9.07. The average Bonchev–Trinajstić information content (AvgIpc) is 2.81. The van der Waals surface area contributed by atoms with Gasteiger partial charge in [0.25, 0.3) is 0 Å². The molecule has 0 aliphatic carbocycles. The topological polar surface area (TPSA) is 39.7 Å². The van der Waals surface area contributed by atoms with Crippen LogP contribution in [-0.2, 0) is 6.54 Å². The maximum atomic E-state index is 14.2. The van der Waals surface area contributed by atoms with Crippen LogP contribution < -0.4 is 4.90 Å². The number of carbonyl (C=O) groups is 1. The van der Waals surface area contributed by atoms with Gasteiger partial charge in [0.15, 0.2) is 5.78 Å². The van der Waals surface area contributed by atoms with Crippen LogP contribution in [0.25, 0.3) is 0 Å². The Kier molecular flexibility index (Phi) is 7.90. The van der Waals surface area contributed by atoms with Gasteiger partial charge in [-0.3, -0.25) is 14.6 Å². The largest absolute Gasteiger partial charge is 0.353 e. The van der Waals surface area contributed by atoms with Gasteiger partial charge in [-0.2, -0.15) is 0 Å². The number of piperidine rings is 1. The molecule has 2 aliphatic rings. The Balaban J connectivity index is 1.35. The highest BCUT2D eigenvalue weighted by atomic mass is 35.5. The van der Waals surface area contributed by atoms with Crippen LogP contribution in [-0.4, -0.2) is 65.4 Å². The molecule has 33 heavy (non-hydrogen) atoms. The van der Waals surface area contributed by atoms with Gasteiger partial charge < -0.3 is 4.90 Å². The van der Waals surface area contributed by atoms with Crippen molar-refractivity contribution in [3.05, 3.63) is 57.5 Å². The summed E-state index contributed by atoms with van der Waals surface area (Å²) in [7, 11) is 0. The van der Waals surface area contributed by atoms with Crippen molar-refractivity contribution in [2.75, 3.05) is 37.6 Å². The third-order valence-electron chi connectivity index (χ3n) is 6.96. The smallest absolute Gasteiger partial charge is 0.161 e. The summed E-state index contributed by atoms with van der Waals surface area (Å²) in [6, 6.07) is 7.62. The Morgan fingerprint density at radius 1 is 1.15 bits per heavy atom. The normalized spacial score (nSPS) is 20.9. The lowest BCUT2D eigenvalue weighted by Gasteiger charge is -2.47. The van der Waals surface area contributed by atoms with Crippen molar-refractivity contribution < 1.29 is 9.18 Å². The van der Waals surface area contributed by atoms with E-state index in [1.165, 1.54) is 13.0 Å². The molecule has 4 rings (SSSR count). The van der Waals surface area contributed by atoms with Gasteiger partial charge in [-0.25, -0.2) is 9.37 Å². The molecule has 1 aromatic carbocycles. The van der Waals surface area contributed by atoms with Gasteiger partial charge in [0.2, 0.25) is 0 Å². The van der Waals surface area contributed by atoms with E-state index < -0.39 is 0 Å². The summed E-state index contributed by atoms with van der Waals surface area (Å²) >= 11 is 12.4. The number of hydrogen-bond acceptors (Lipinski definition) is 5. The zero-order valence-electron chi connectivity index (χ0n) is 19.2. The Morgan fingerprint density at radius 3 is 2.55 bits per heavy atom. The highest BCUT2D eigenvalue weighted by molar-refractivity contribution is 6.33. The fourth-order valence-corrected chi connectivity index (χ4v) is 5.51. The van der Waals surface area contributed by atoms with Crippen LogP contribution in [0.2, 0.25) is 10.0 Å². The van der Waals surface area contributed by atoms with E-state index in [2.05, 4.69) is 26.6 Å². The number of nitrogens with zero attached hydrogens (tertiary/aromatic N) is 4. The first-order chi connectivity index (χ1) is 15.9. The quantitative estimate of drug-likeness (QED) is 0.511. The number of Topliss-reactive ketones (excluding diaryl/α,β-unsaturated/α-hetero) is 1. The molecule has 2 aliphatic heterocycles. The number of anilines is 1. The van der Waals surface area contributed by atoms with Gasteiger partial charge in [0.1, 0.15) is 11.6 Å². The number of benzene rings is 1. The molecule has 0 radical (unpaired) electrons. The summed E-state index contributed by atoms with van der Waals surface area (Å²) in [6.07, 6.45) is 4.84. The molecule has 0 spiro atoms. The maximum Gasteiger partial charge on any atom is 0.161 e. The van der Waals surface area contributed by atoms with Gasteiger partial charge in [-0.1, -0.05) is 36.2 Å². The van der Waals surface area contributed by atoms with E-state index in [0.717, 1.165) is 57.8 Å². The van der Waals surface area contributed by atoms with Crippen molar-refractivity contribution >= 4 is 34.8 Å². The molecular weight excluding hydrogens is 462 g/mol. The van der Waals surface area contributed by atoms with Crippen molar-refractivity contribution in [3.8, 4) is 0 Å². The molecule has 0 bridgehead atoms. The zero-order valence-corrected chi connectivity index (χ0v) is 20.7. The Hall–Kier alpha value is -1.73. The van der Waals surface area contributed by atoms with E-state index in [1.54, 1.807) is 24.4 Å². The van der Waals surface area contributed by atoms with Crippen LogP contribution in [0.15, 0.2) is 30.5 Å². The molecular formula is C25H31Cl2FN4O. The first-order valence-corrected chi connectivity index (χ1v) is 12.4. The number of rotatable bonds is 6. The van der Waals surface area contributed by atoms with Crippen LogP contribution in [0.5, 0.6) is 0 Å².